The van der Waals surface area contributed by atoms with E-state index in [1.807, 2.05) is 18.3 Å². The highest BCUT2D eigenvalue weighted by atomic mass is 16.5. The summed E-state index contributed by atoms with van der Waals surface area (Å²) in [5.74, 6) is 1.05. The van der Waals surface area contributed by atoms with Crippen LogP contribution in [0.5, 0.6) is 5.75 Å². The molecule has 2 heterocycles. The third-order valence-corrected chi connectivity index (χ3v) is 3.24. The van der Waals surface area contributed by atoms with Gasteiger partial charge in [-0.2, -0.15) is 5.10 Å². The van der Waals surface area contributed by atoms with Gasteiger partial charge >= 0.3 is 0 Å². The van der Waals surface area contributed by atoms with Crippen molar-refractivity contribution in [1.82, 2.24) is 19.6 Å². The Kier molecular flexibility index (Phi) is 3.69. The van der Waals surface area contributed by atoms with Gasteiger partial charge in [-0.05, 0) is 18.2 Å². The Morgan fingerprint density at radius 3 is 3.00 bits per heavy atom. The quantitative estimate of drug-likeness (QED) is 0.798. The van der Waals surface area contributed by atoms with Crippen molar-refractivity contribution < 1.29 is 9.53 Å². The van der Waals surface area contributed by atoms with Gasteiger partial charge in [-0.15, -0.1) is 5.10 Å². The van der Waals surface area contributed by atoms with Crippen molar-refractivity contribution in [2.75, 3.05) is 12.4 Å². The van der Waals surface area contributed by atoms with Crippen molar-refractivity contribution in [3.63, 3.8) is 0 Å². The first-order chi connectivity index (χ1) is 10.7. The molecule has 7 heteroatoms. The molecule has 0 radical (unpaired) electrons. The summed E-state index contributed by atoms with van der Waals surface area (Å²) in [6.07, 6.45) is 5.64. The zero-order chi connectivity index (χ0) is 15.5. The zero-order valence-corrected chi connectivity index (χ0v) is 12.3. The average molecular weight is 297 g/mol. The number of aromatic nitrogens is 4. The molecule has 0 aliphatic rings. The van der Waals surface area contributed by atoms with Crippen LogP contribution < -0.4 is 10.1 Å². The minimum atomic E-state index is -0.0729. The summed E-state index contributed by atoms with van der Waals surface area (Å²) in [5.41, 5.74) is 2.22. The molecule has 7 nitrogen and oxygen atoms in total. The topological polar surface area (TPSA) is 81.4 Å². The van der Waals surface area contributed by atoms with Gasteiger partial charge in [0.1, 0.15) is 5.75 Å². The molecule has 0 saturated heterocycles. The molecule has 1 amide bonds. The lowest BCUT2D eigenvalue weighted by Crippen LogP contribution is -2.10. The number of methoxy groups -OCH3 is 1. The standard InChI is InChI=1S/C15H15N5O2/c1-3-14(21)17-11-8-10(4-5-13(11)22-2)12-9-20-7-6-16-19-15(20)18-12/h4-9H,3H2,1-2H3,(H,17,21). The van der Waals surface area contributed by atoms with Crippen LogP contribution in [0.4, 0.5) is 5.69 Å². The van der Waals surface area contributed by atoms with E-state index in [-0.39, 0.29) is 5.91 Å². The molecule has 1 N–H and O–H groups in total. The number of carbonyl (C=O) groups is 1. The Bertz CT molecular complexity index is 795. The van der Waals surface area contributed by atoms with E-state index in [9.17, 15) is 4.79 Å². The first-order valence-electron chi connectivity index (χ1n) is 6.86. The number of nitrogens with zero attached hydrogens (tertiary/aromatic N) is 4. The number of rotatable bonds is 4. The number of hydrogen-bond acceptors (Lipinski definition) is 5. The highest BCUT2D eigenvalue weighted by Gasteiger charge is 2.11. The molecule has 0 aliphatic carbocycles. The minimum absolute atomic E-state index is 0.0729. The van der Waals surface area contributed by atoms with E-state index in [1.54, 1.807) is 36.9 Å². The average Bonchev–Trinajstić information content (AvgIpc) is 2.98. The molecule has 112 valence electrons. The van der Waals surface area contributed by atoms with Crippen molar-refractivity contribution in [2.45, 2.75) is 13.3 Å². The summed E-state index contributed by atoms with van der Waals surface area (Å²) in [5, 5.41) is 10.6. The third-order valence-electron chi connectivity index (χ3n) is 3.24. The fourth-order valence-corrected chi connectivity index (χ4v) is 2.10. The monoisotopic (exact) mass is 297 g/mol. The van der Waals surface area contributed by atoms with Gasteiger partial charge in [-0.1, -0.05) is 6.92 Å². The van der Waals surface area contributed by atoms with Gasteiger partial charge in [0.05, 0.1) is 24.7 Å². The Labute approximate surface area is 127 Å². The van der Waals surface area contributed by atoms with Crippen LogP contribution in [0.25, 0.3) is 17.0 Å². The number of hydrogen-bond donors (Lipinski definition) is 1. The van der Waals surface area contributed by atoms with E-state index >= 15 is 0 Å². The van der Waals surface area contributed by atoms with E-state index in [2.05, 4.69) is 20.5 Å². The van der Waals surface area contributed by atoms with Gasteiger partial charge in [0.15, 0.2) is 0 Å². The predicted octanol–water partition coefficient (Wildman–Crippen LogP) is 2.15. The molecule has 0 aliphatic heterocycles. The summed E-state index contributed by atoms with van der Waals surface area (Å²) < 4.78 is 7.07. The molecule has 0 fully saturated rings. The lowest BCUT2D eigenvalue weighted by atomic mass is 10.1. The summed E-state index contributed by atoms with van der Waals surface area (Å²) in [6, 6.07) is 5.52. The van der Waals surface area contributed by atoms with E-state index < -0.39 is 0 Å². The van der Waals surface area contributed by atoms with Gasteiger partial charge in [0, 0.05) is 24.4 Å². The maximum Gasteiger partial charge on any atom is 0.254 e. The molecule has 3 aromatic rings. The van der Waals surface area contributed by atoms with Gasteiger partial charge < -0.3 is 10.1 Å². The van der Waals surface area contributed by atoms with Crippen LogP contribution in [0.1, 0.15) is 13.3 Å². The minimum Gasteiger partial charge on any atom is -0.495 e. The van der Waals surface area contributed by atoms with E-state index in [4.69, 9.17) is 4.74 Å². The van der Waals surface area contributed by atoms with Crippen LogP contribution in [-0.4, -0.2) is 32.6 Å². The number of fused-ring (bicyclic) bond motifs is 1. The van der Waals surface area contributed by atoms with Crippen LogP contribution in [0.2, 0.25) is 0 Å². The van der Waals surface area contributed by atoms with Gasteiger partial charge in [0.2, 0.25) is 5.91 Å². The number of imidazole rings is 1. The first kappa shape index (κ1) is 14.0. The summed E-state index contributed by atoms with van der Waals surface area (Å²) >= 11 is 0. The van der Waals surface area contributed by atoms with E-state index in [0.717, 1.165) is 11.3 Å². The second-order valence-corrected chi connectivity index (χ2v) is 4.66. The summed E-state index contributed by atoms with van der Waals surface area (Å²) in [4.78, 5) is 16.0. The number of amides is 1. The van der Waals surface area contributed by atoms with Crippen molar-refractivity contribution in [1.29, 1.82) is 0 Å². The van der Waals surface area contributed by atoms with Gasteiger partial charge in [0.25, 0.3) is 5.78 Å². The third kappa shape index (κ3) is 2.60. The Morgan fingerprint density at radius 2 is 2.27 bits per heavy atom. The Hall–Kier alpha value is -2.96. The van der Waals surface area contributed by atoms with Gasteiger partial charge in [-0.3, -0.25) is 9.20 Å². The van der Waals surface area contributed by atoms with E-state index in [1.165, 1.54) is 0 Å². The largest absolute Gasteiger partial charge is 0.495 e. The van der Waals surface area contributed by atoms with Crippen molar-refractivity contribution >= 4 is 17.4 Å². The normalized spacial score (nSPS) is 10.6. The molecule has 2 aromatic heterocycles. The Morgan fingerprint density at radius 1 is 1.41 bits per heavy atom. The number of anilines is 1. The highest BCUT2D eigenvalue weighted by molar-refractivity contribution is 5.93. The lowest BCUT2D eigenvalue weighted by molar-refractivity contribution is -0.115. The Balaban J connectivity index is 2.03. The van der Waals surface area contributed by atoms with Crippen LogP contribution in [0, 0.1) is 0 Å². The lowest BCUT2D eigenvalue weighted by Gasteiger charge is -2.10. The summed E-state index contributed by atoms with van der Waals surface area (Å²) in [7, 11) is 1.57. The SMILES string of the molecule is CCC(=O)Nc1cc(-c2cn3ccnnc3n2)ccc1OC. The van der Waals surface area contributed by atoms with Gasteiger partial charge in [-0.25, -0.2) is 4.98 Å². The molecule has 0 spiro atoms. The number of nitrogens with one attached hydrogen (secondary N) is 1. The molecule has 1 aromatic carbocycles. The van der Waals surface area contributed by atoms with Crippen LogP contribution in [0.3, 0.4) is 0 Å². The first-order valence-corrected chi connectivity index (χ1v) is 6.86. The molecule has 0 bridgehead atoms. The fraction of sp³-hybridized carbons (Fsp3) is 0.200. The summed E-state index contributed by atoms with van der Waals surface area (Å²) in [6.45, 7) is 1.80. The number of ether oxygens (including phenoxy) is 1. The highest BCUT2D eigenvalue weighted by Crippen LogP contribution is 2.30. The van der Waals surface area contributed by atoms with Crippen LogP contribution in [-0.2, 0) is 4.79 Å². The number of carbonyl (C=O) groups excluding carboxylic acids is 1. The zero-order valence-electron chi connectivity index (χ0n) is 12.3. The van der Waals surface area contributed by atoms with Crippen molar-refractivity contribution in [3.05, 3.63) is 36.8 Å². The molecule has 22 heavy (non-hydrogen) atoms. The number of benzene rings is 1. The smallest absolute Gasteiger partial charge is 0.254 e. The van der Waals surface area contributed by atoms with Crippen molar-refractivity contribution in [2.24, 2.45) is 0 Å². The second kappa shape index (κ2) is 5.80. The molecule has 3 rings (SSSR count). The molecular weight excluding hydrogens is 282 g/mol. The van der Waals surface area contributed by atoms with E-state index in [0.29, 0.717) is 23.6 Å². The molecule has 0 saturated carbocycles. The molecule has 0 unspecified atom stereocenters. The maximum absolute atomic E-state index is 11.6. The molecule has 0 atom stereocenters. The second-order valence-electron chi connectivity index (χ2n) is 4.66. The fourth-order valence-electron chi connectivity index (χ4n) is 2.10. The maximum atomic E-state index is 11.6. The van der Waals surface area contributed by atoms with Crippen molar-refractivity contribution in [3.8, 4) is 17.0 Å². The van der Waals surface area contributed by atoms with Crippen LogP contribution in [0.15, 0.2) is 36.8 Å². The van der Waals surface area contributed by atoms with Crippen LogP contribution >= 0.6 is 0 Å². The predicted molar refractivity (Wildman–Crippen MR) is 81.7 cm³/mol. The molecular formula is C15H15N5O2.